The molecule has 0 unspecified atom stereocenters. The molecule has 1 aromatic carbocycles. The molecule has 0 aromatic heterocycles. The summed E-state index contributed by atoms with van der Waals surface area (Å²) in [6, 6.07) is 5.91. The van der Waals surface area contributed by atoms with E-state index in [2.05, 4.69) is 11.8 Å². The largest absolute Gasteiger partial charge is 0.493 e. The maximum absolute atomic E-state index is 5.22. The third kappa shape index (κ3) is 2.10. The highest BCUT2D eigenvalue weighted by molar-refractivity contribution is 5.55. The number of ether oxygens (including phenoxy) is 2. The normalized spacial score (nSPS) is 9.71. The van der Waals surface area contributed by atoms with Gasteiger partial charge in [-0.3, -0.25) is 0 Å². The fraction of sp³-hybridized carbons (Fsp3) is 0.455. The van der Waals surface area contributed by atoms with Crippen molar-refractivity contribution in [2.24, 2.45) is 0 Å². The molecule has 3 nitrogen and oxygen atoms in total. The van der Waals surface area contributed by atoms with Crippen LogP contribution in [0.15, 0.2) is 18.2 Å². The second-order valence-electron chi connectivity index (χ2n) is 3.05. The zero-order chi connectivity index (χ0) is 10.6. The van der Waals surface area contributed by atoms with Gasteiger partial charge in [-0.15, -0.1) is 0 Å². The van der Waals surface area contributed by atoms with Gasteiger partial charge in [0.25, 0.3) is 0 Å². The molecule has 0 bridgehead atoms. The van der Waals surface area contributed by atoms with Gasteiger partial charge < -0.3 is 14.4 Å². The molecular weight excluding hydrogens is 178 g/mol. The first-order chi connectivity index (χ1) is 6.72. The minimum Gasteiger partial charge on any atom is -0.493 e. The molecule has 0 amide bonds. The van der Waals surface area contributed by atoms with Crippen LogP contribution in [-0.4, -0.2) is 27.8 Å². The Morgan fingerprint density at radius 1 is 1.14 bits per heavy atom. The van der Waals surface area contributed by atoms with Crippen molar-refractivity contribution < 1.29 is 9.47 Å². The van der Waals surface area contributed by atoms with Gasteiger partial charge >= 0.3 is 0 Å². The van der Waals surface area contributed by atoms with Gasteiger partial charge in [-0.1, -0.05) is 0 Å². The van der Waals surface area contributed by atoms with Crippen molar-refractivity contribution in [1.82, 2.24) is 0 Å². The van der Waals surface area contributed by atoms with E-state index in [1.807, 2.05) is 25.2 Å². The highest BCUT2D eigenvalue weighted by Crippen LogP contribution is 2.30. The molecule has 0 aliphatic carbocycles. The van der Waals surface area contributed by atoms with E-state index in [1.165, 1.54) is 0 Å². The average Bonchev–Trinajstić information content (AvgIpc) is 2.26. The Bertz CT molecular complexity index is 299. The standard InChI is InChI=1S/C11H17NO2/c1-5-12(2)9-6-7-10(13-3)11(8-9)14-4/h6-8H,5H2,1-4H3. The first-order valence-electron chi connectivity index (χ1n) is 4.66. The number of anilines is 1. The molecule has 1 aromatic rings. The van der Waals surface area contributed by atoms with Crippen LogP contribution in [0, 0.1) is 0 Å². The Balaban J connectivity index is 3.01. The molecular formula is C11H17NO2. The third-order valence-corrected chi connectivity index (χ3v) is 2.28. The van der Waals surface area contributed by atoms with Crippen LogP contribution in [0.5, 0.6) is 11.5 Å². The summed E-state index contributed by atoms with van der Waals surface area (Å²) in [6.45, 7) is 3.08. The zero-order valence-electron chi connectivity index (χ0n) is 9.20. The summed E-state index contributed by atoms with van der Waals surface area (Å²) >= 11 is 0. The van der Waals surface area contributed by atoms with Crippen LogP contribution in [0.2, 0.25) is 0 Å². The Hall–Kier alpha value is -1.38. The summed E-state index contributed by atoms with van der Waals surface area (Å²) in [6.07, 6.45) is 0. The zero-order valence-corrected chi connectivity index (χ0v) is 9.20. The number of methoxy groups -OCH3 is 2. The molecule has 1 rings (SSSR count). The maximum Gasteiger partial charge on any atom is 0.162 e. The van der Waals surface area contributed by atoms with Gasteiger partial charge in [0, 0.05) is 25.3 Å². The van der Waals surface area contributed by atoms with E-state index in [4.69, 9.17) is 9.47 Å². The van der Waals surface area contributed by atoms with E-state index in [9.17, 15) is 0 Å². The molecule has 14 heavy (non-hydrogen) atoms. The lowest BCUT2D eigenvalue weighted by molar-refractivity contribution is 0.355. The van der Waals surface area contributed by atoms with Crippen molar-refractivity contribution in [1.29, 1.82) is 0 Å². The van der Waals surface area contributed by atoms with Crippen molar-refractivity contribution in [3.05, 3.63) is 18.2 Å². The van der Waals surface area contributed by atoms with E-state index in [1.54, 1.807) is 14.2 Å². The molecule has 0 saturated carbocycles. The fourth-order valence-electron chi connectivity index (χ4n) is 1.24. The van der Waals surface area contributed by atoms with E-state index < -0.39 is 0 Å². The molecule has 0 heterocycles. The number of nitrogens with zero attached hydrogens (tertiary/aromatic N) is 1. The third-order valence-electron chi connectivity index (χ3n) is 2.28. The van der Waals surface area contributed by atoms with Gasteiger partial charge in [-0.2, -0.15) is 0 Å². The predicted octanol–water partition coefficient (Wildman–Crippen LogP) is 2.16. The van der Waals surface area contributed by atoms with Crippen molar-refractivity contribution in [2.75, 3.05) is 32.7 Å². The minimum absolute atomic E-state index is 0.765. The summed E-state index contributed by atoms with van der Waals surface area (Å²) < 4.78 is 10.4. The van der Waals surface area contributed by atoms with E-state index in [0.29, 0.717) is 0 Å². The molecule has 0 atom stereocenters. The van der Waals surface area contributed by atoms with Crippen molar-refractivity contribution in [3.63, 3.8) is 0 Å². The SMILES string of the molecule is CCN(C)c1ccc(OC)c(OC)c1. The molecule has 3 heteroatoms. The maximum atomic E-state index is 5.22. The predicted molar refractivity (Wildman–Crippen MR) is 58.5 cm³/mol. The summed E-state index contributed by atoms with van der Waals surface area (Å²) in [5.74, 6) is 1.53. The van der Waals surface area contributed by atoms with E-state index in [0.717, 1.165) is 23.7 Å². The first-order valence-corrected chi connectivity index (χ1v) is 4.66. The lowest BCUT2D eigenvalue weighted by Crippen LogP contribution is -2.15. The molecule has 0 aliphatic rings. The minimum atomic E-state index is 0.765. The summed E-state index contributed by atoms with van der Waals surface area (Å²) in [7, 11) is 5.33. The molecule has 0 spiro atoms. The van der Waals surface area contributed by atoms with Gasteiger partial charge in [-0.25, -0.2) is 0 Å². The van der Waals surface area contributed by atoms with Crippen LogP contribution in [0.4, 0.5) is 5.69 Å². The first kappa shape index (κ1) is 10.7. The van der Waals surface area contributed by atoms with Gasteiger partial charge in [0.15, 0.2) is 11.5 Å². The molecule has 0 aliphatic heterocycles. The monoisotopic (exact) mass is 195 g/mol. The van der Waals surface area contributed by atoms with Gasteiger partial charge in [0.05, 0.1) is 14.2 Å². The summed E-state index contributed by atoms with van der Waals surface area (Å²) in [4.78, 5) is 2.14. The highest BCUT2D eigenvalue weighted by atomic mass is 16.5. The number of benzene rings is 1. The van der Waals surface area contributed by atoms with Crippen LogP contribution < -0.4 is 14.4 Å². The smallest absolute Gasteiger partial charge is 0.162 e. The lowest BCUT2D eigenvalue weighted by Gasteiger charge is -2.18. The van der Waals surface area contributed by atoms with Crippen molar-refractivity contribution in [3.8, 4) is 11.5 Å². The van der Waals surface area contributed by atoms with Crippen LogP contribution >= 0.6 is 0 Å². The van der Waals surface area contributed by atoms with Crippen LogP contribution in [-0.2, 0) is 0 Å². The molecule has 78 valence electrons. The van der Waals surface area contributed by atoms with Gasteiger partial charge in [0.2, 0.25) is 0 Å². The molecule has 0 radical (unpaired) electrons. The lowest BCUT2D eigenvalue weighted by atomic mass is 10.2. The van der Waals surface area contributed by atoms with Crippen LogP contribution in [0.3, 0.4) is 0 Å². The van der Waals surface area contributed by atoms with Gasteiger partial charge in [0.1, 0.15) is 0 Å². The fourth-order valence-corrected chi connectivity index (χ4v) is 1.24. The second kappa shape index (κ2) is 4.74. The number of hydrogen-bond donors (Lipinski definition) is 0. The topological polar surface area (TPSA) is 21.7 Å². The summed E-state index contributed by atoms with van der Waals surface area (Å²) in [5, 5.41) is 0. The van der Waals surface area contributed by atoms with Gasteiger partial charge in [-0.05, 0) is 19.1 Å². The van der Waals surface area contributed by atoms with E-state index in [-0.39, 0.29) is 0 Å². The number of rotatable bonds is 4. The second-order valence-corrected chi connectivity index (χ2v) is 3.05. The molecule has 0 saturated heterocycles. The quantitative estimate of drug-likeness (QED) is 0.735. The Morgan fingerprint density at radius 2 is 1.79 bits per heavy atom. The van der Waals surface area contributed by atoms with E-state index >= 15 is 0 Å². The van der Waals surface area contributed by atoms with Crippen molar-refractivity contribution >= 4 is 5.69 Å². The number of hydrogen-bond acceptors (Lipinski definition) is 3. The Morgan fingerprint density at radius 3 is 2.29 bits per heavy atom. The Kier molecular flexibility index (Phi) is 3.63. The Labute approximate surface area is 85.2 Å². The molecule has 0 N–H and O–H groups in total. The molecule has 0 fully saturated rings. The summed E-state index contributed by atoms with van der Waals surface area (Å²) in [5.41, 5.74) is 1.13. The van der Waals surface area contributed by atoms with Crippen LogP contribution in [0.1, 0.15) is 6.92 Å². The average molecular weight is 195 g/mol. The van der Waals surface area contributed by atoms with Crippen molar-refractivity contribution in [2.45, 2.75) is 6.92 Å². The highest BCUT2D eigenvalue weighted by Gasteiger charge is 2.05. The van der Waals surface area contributed by atoms with Crippen LogP contribution in [0.25, 0.3) is 0 Å².